The number of rotatable bonds is 2. The number of nitrogens with one attached hydrogen (secondary N) is 1. The van der Waals surface area contributed by atoms with Gasteiger partial charge in [0.2, 0.25) is 0 Å². The Kier molecular flexibility index (Phi) is 4.16. The third kappa shape index (κ3) is 3.38. The topological polar surface area (TPSA) is 38.0 Å². The maximum atomic E-state index is 13.0. The quantitative estimate of drug-likeness (QED) is 0.784. The minimum absolute atomic E-state index is 0.103. The van der Waals surface area contributed by atoms with Crippen LogP contribution in [0.25, 0.3) is 0 Å². The molecule has 2 rings (SSSR count). The van der Waals surface area contributed by atoms with Gasteiger partial charge in [-0.15, -0.1) is 0 Å². The van der Waals surface area contributed by atoms with E-state index in [1.807, 2.05) is 0 Å². The van der Waals surface area contributed by atoms with E-state index < -0.39 is 11.7 Å². The van der Waals surface area contributed by atoms with E-state index in [0.29, 0.717) is 11.8 Å². The smallest absolute Gasteiger partial charge is 0.399 e. The second-order valence-corrected chi connectivity index (χ2v) is 5.91. The van der Waals surface area contributed by atoms with Gasteiger partial charge in [-0.2, -0.15) is 13.2 Å². The lowest BCUT2D eigenvalue weighted by Crippen LogP contribution is -2.31. The average molecular weight is 286 g/mol. The van der Waals surface area contributed by atoms with Crippen molar-refractivity contribution >= 4 is 11.4 Å². The first-order valence-electron chi connectivity index (χ1n) is 7.00. The Morgan fingerprint density at radius 1 is 1.15 bits per heavy atom. The van der Waals surface area contributed by atoms with E-state index in [1.165, 1.54) is 12.1 Å². The van der Waals surface area contributed by atoms with Crippen molar-refractivity contribution in [1.29, 1.82) is 0 Å². The van der Waals surface area contributed by atoms with Gasteiger partial charge in [0.25, 0.3) is 0 Å². The predicted octanol–water partition coefficient (Wildman–Crippen LogP) is 4.52. The summed E-state index contributed by atoms with van der Waals surface area (Å²) in [5.74, 6) is 1.17. The van der Waals surface area contributed by atoms with Crippen molar-refractivity contribution in [3.05, 3.63) is 23.8 Å². The highest BCUT2D eigenvalue weighted by atomic mass is 19.4. The minimum atomic E-state index is -4.38. The summed E-state index contributed by atoms with van der Waals surface area (Å²) in [5.41, 5.74) is 5.06. The van der Waals surface area contributed by atoms with Gasteiger partial charge in [-0.1, -0.05) is 13.8 Å². The van der Waals surface area contributed by atoms with Gasteiger partial charge in [0.05, 0.1) is 5.56 Å². The second kappa shape index (κ2) is 5.54. The molecule has 0 amide bonds. The lowest BCUT2D eigenvalue weighted by molar-refractivity contribution is -0.136. The molecule has 0 aromatic heterocycles. The molecule has 3 unspecified atom stereocenters. The van der Waals surface area contributed by atoms with Gasteiger partial charge >= 0.3 is 6.18 Å². The molecule has 1 saturated carbocycles. The average Bonchev–Trinajstić information content (AvgIpc) is 2.35. The molecule has 3 atom stereocenters. The molecule has 0 radical (unpaired) electrons. The Balaban J connectivity index is 2.17. The number of hydrogen-bond acceptors (Lipinski definition) is 2. The van der Waals surface area contributed by atoms with Crippen LogP contribution in [0.1, 0.15) is 38.7 Å². The van der Waals surface area contributed by atoms with Crippen LogP contribution in [0.15, 0.2) is 18.2 Å². The molecule has 1 aromatic rings. The first-order valence-corrected chi connectivity index (χ1v) is 7.00. The van der Waals surface area contributed by atoms with E-state index in [4.69, 9.17) is 5.73 Å². The Morgan fingerprint density at radius 3 is 2.45 bits per heavy atom. The molecule has 0 saturated heterocycles. The monoisotopic (exact) mass is 286 g/mol. The fraction of sp³-hybridized carbons (Fsp3) is 0.600. The molecule has 0 heterocycles. The van der Waals surface area contributed by atoms with Crippen molar-refractivity contribution in [2.75, 3.05) is 11.1 Å². The van der Waals surface area contributed by atoms with Crippen LogP contribution >= 0.6 is 0 Å². The highest BCUT2D eigenvalue weighted by molar-refractivity contribution is 5.59. The van der Waals surface area contributed by atoms with Crippen LogP contribution < -0.4 is 11.1 Å². The third-order valence-corrected chi connectivity index (χ3v) is 4.31. The second-order valence-electron chi connectivity index (χ2n) is 5.91. The molecule has 1 aliphatic rings. The minimum Gasteiger partial charge on any atom is -0.399 e. The molecule has 5 heteroatoms. The zero-order chi connectivity index (χ0) is 14.9. The Labute approximate surface area is 117 Å². The van der Waals surface area contributed by atoms with E-state index in [9.17, 15) is 13.2 Å². The summed E-state index contributed by atoms with van der Waals surface area (Å²) < 4.78 is 39.1. The zero-order valence-corrected chi connectivity index (χ0v) is 11.8. The summed E-state index contributed by atoms with van der Waals surface area (Å²) in [5, 5.41) is 3.06. The van der Waals surface area contributed by atoms with Gasteiger partial charge in [0.1, 0.15) is 0 Å². The number of anilines is 2. The highest BCUT2D eigenvalue weighted by Crippen LogP contribution is 2.38. The molecule has 1 aromatic carbocycles. The Morgan fingerprint density at radius 2 is 1.85 bits per heavy atom. The van der Waals surface area contributed by atoms with Crippen molar-refractivity contribution in [2.24, 2.45) is 11.8 Å². The van der Waals surface area contributed by atoms with Crippen LogP contribution in [0.3, 0.4) is 0 Å². The maximum Gasteiger partial charge on any atom is 0.418 e. The summed E-state index contributed by atoms with van der Waals surface area (Å²) in [4.78, 5) is 0. The SMILES string of the molecule is CC1CCC(Nc2ccc(N)cc2C(F)(F)F)CC1C. The zero-order valence-electron chi connectivity index (χ0n) is 11.8. The van der Waals surface area contributed by atoms with Crippen LogP contribution in [-0.2, 0) is 6.18 Å². The first kappa shape index (κ1) is 15.0. The summed E-state index contributed by atoms with van der Waals surface area (Å²) in [7, 11) is 0. The van der Waals surface area contributed by atoms with Gasteiger partial charge < -0.3 is 11.1 Å². The van der Waals surface area contributed by atoms with Crippen molar-refractivity contribution < 1.29 is 13.2 Å². The van der Waals surface area contributed by atoms with Crippen molar-refractivity contribution in [1.82, 2.24) is 0 Å². The molecule has 0 aliphatic heterocycles. The van der Waals surface area contributed by atoms with Crippen LogP contribution in [0.5, 0.6) is 0 Å². The summed E-state index contributed by atoms with van der Waals surface area (Å²) in [6.07, 6.45) is -1.52. The molecule has 20 heavy (non-hydrogen) atoms. The van der Waals surface area contributed by atoms with E-state index in [0.717, 1.165) is 25.3 Å². The number of nitrogens with two attached hydrogens (primary N) is 1. The van der Waals surface area contributed by atoms with Gasteiger partial charge in [-0.05, 0) is 49.3 Å². The van der Waals surface area contributed by atoms with E-state index in [2.05, 4.69) is 19.2 Å². The highest BCUT2D eigenvalue weighted by Gasteiger charge is 2.34. The number of nitrogen functional groups attached to an aromatic ring is 1. The standard InChI is InChI=1S/C15H21F3N2/c1-9-3-5-12(7-10(9)2)20-14-6-4-11(19)8-13(14)15(16,17)18/h4,6,8-10,12,20H,3,5,7,19H2,1-2H3. The van der Waals surface area contributed by atoms with Crippen molar-refractivity contribution in [3.8, 4) is 0 Å². The lowest BCUT2D eigenvalue weighted by atomic mass is 9.79. The van der Waals surface area contributed by atoms with Crippen LogP contribution in [0.4, 0.5) is 24.5 Å². The normalized spacial score (nSPS) is 27.4. The molecule has 3 N–H and O–H groups in total. The van der Waals surface area contributed by atoms with Gasteiger partial charge in [0, 0.05) is 17.4 Å². The van der Waals surface area contributed by atoms with Gasteiger partial charge in [-0.3, -0.25) is 0 Å². The van der Waals surface area contributed by atoms with Crippen LogP contribution in [-0.4, -0.2) is 6.04 Å². The molecule has 1 fully saturated rings. The van der Waals surface area contributed by atoms with Crippen molar-refractivity contribution in [3.63, 3.8) is 0 Å². The summed E-state index contributed by atoms with van der Waals surface area (Å²) >= 11 is 0. The molecule has 1 aliphatic carbocycles. The Hall–Kier alpha value is -1.39. The predicted molar refractivity (Wildman–Crippen MR) is 75.4 cm³/mol. The molecule has 0 spiro atoms. The van der Waals surface area contributed by atoms with E-state index in [-0.39, 0.29) is 17.4 Å². The molecular weight excluding hydrogens is 265 g/mol. The molecular formula is C15H21F3N2. The summed E-state index contributed by atoms with van der Waals surface area (Å²) in [6.45, 7) is 4.36. The van der Waals surface area contributed by atoms with Crippen LogP contribution in [0.2, 0.25) is 0 Å². The van der Waals surface area contributed by atoms with E-state index >= 15 is 0 Å². The first-order chi connectivity index (χ1) is 9.27. The molecule has 0 bridgehead atoms. The van der Waals surface area contributed by atoms with Gasteiger partial charge in [-0.25, -0.2) is 0 Å². The lowest BCUT2D eigenvalue weighted by Gasteiger charge is -2.33. The number of benzene rings is 1. The molecule has 2 nitrogen and oxygen atoms in total. The van der Waals surface area contributed by atoms with Crippen molar-refractivity contribution in [2.45, 2.75) is 45.3 Å². The largest absolute Gasteiger partial charge is 0.418 e. The number of hydrogen-bond donors (Lipinski definition) is 2. The summed E-state index contributed by atoms with van der Waals surface area (Å²) in [6, 6.07) is 4.04. The fourth-order valence-electron chi connectivity index (χ4n) is 2.82. The maximum absolute atomic E-state index is 13.0. The number of alkyl halides is 3. The van der Waals surface area contributed by atoms with Gasteiger partial charge in [0.15, 0.2) is 0 Å². The fourth-order valence-corrected chi connectivity index (χ4v) is 2.82. The van der Waals surface area contributed by atoms with Crippen LogP contribution in [0, 0.1) is 11.8 Å². The van der Waals surface area contributed by atoms with E-state index in [1.54, 1.807) is 0 Å². The number of halogens is 3. The third-order valence-electron chi connectivity index (χ3n) is 4.31. The molecule has 112 valence electrons. The Bertz CT molecular complexity index is 471.